The van der Waals surface area contributed by atoms with Crippen molar-refractivity contribution in [3.05, 3.63) is 88.5 Å². The fourth-order valence-corrected chi connectivity index (χ4v) is 5.81. The van der Waals surface area contributed by atoms with Crippen molar-refractivity contribution >= 4 is 0 Å². The van der Waals surface area contributed by atoms with Gasteiger partial charge in [0.25, 0.3) is 0 Å². The van der Waals surface area contributed by atoms with Crippen molar-refractivity contribution in [1.82, 2.24) is 10.2 Å². The minimum atomic E-state index is 0.507. The van der Waals surface area contributed by atoms with Crippen molar-refractivity contribution in [2.75, 3.05) is 27.4 Å². The second-order valence-electron chi connectivity index (χ2n) is 11.2. The van der Waals surface area contributed by atoms with E-state index in [1.807, 2.05) is 0 Å². The van der Waals surface area contributed by atoms with E-state index in [2.05, 4.69) is 98.6 Å². The predicted octanol–water partition coefficient (Wildman–Crippen LogP) is 6.76. The van der Waals surface area contributed by atoms with Gasteiger partial charge in [0.05, 0.1) is 14.2 Å². The predicted molar refractivity (Wildman–Crippen MR) is 160 cm³/mol. The van der Waals surface area contributed by atoms with Crippen molar-refractivity contribution in [2.45, 2.75) is 78.0 Å². The fourth-order valence-electron chi connectivity index (χ4n) is 5.81. The van der Waals surface area contributed by atoms with Crippen LogP contribution >= 0.6 is 0 Å². The van der Waals surface area contributed by atoms with Gasteiger partial charge in [-0.15, -0.1) is 0 Å². The molecule has 0 spiro atoms. The molecule has 1 unspecified atom stereocenters. The van der Waals surface area contributed by atoms with E-state index in [-0.39, 0.29) is 0 Å². The molecule has 0 amide bonds. The first kappa shape index (κ1) is 29.0. The van der Waals surface area contributed by atoms with E-state index in [0.717, 1.165) is 56.1 Å². The summed E-state index contributed by atoms with van der Waals surface area (Å²) in [6.07, 6.45) is 3.29. The summed E-state index contributed by atoms with van der Waals surface area (Å²) in [4.78, 5) is 2.45. The molecule has 0 radical (unpaired) electrons. The van der Waals surface area contributed by atoms with Gasteiger partial charge >= 0.3 is 0 Å². The van der Waals surface area contributed by atoms with Crippen LogP contribution in [0.5, 0.6) is 17.2 Å². The summed E-state index contributed by atoms with van der Waals surface area (Å²) in [6, 6.07) is 22.6. The Morgan fingerprint density at radius 2 is 1.46 bits per heavy atom. The Labute approximate surface area is 235 Å². The summed E-state index contributed by atoms with van der Waals surface area (Å²) in [5.74, 6) is 3.29. The molecule has 0 saturated heterocycles. The molecule has 0 fully saturated rings. The number of fused-ring (bicyclic) bond motifs is 1. The number of hydrogen-bond acceptors (Lipinski definition) is 5. The Morgan fingerprint density at radius 3 is 2.15 bits per heavy atom. The van der Waals surface area contributed by atoms with Gasteiger partial charge < -0.3 is 19.5 Å². The lowest BCUT2D eigenvalue weighted by Crippen LogP contribution is -2.39. The van der Waals surface area contributed by atoms with E-state index in [1.54, 1.807) is 14.2 Å². The molecule has 1 N–H and O–H groups in total. The molecule has 0 saturated carbocycles. The Hall–Kier alpha value is -3.02. The first-order valence-corrected chi connectivity index (χ1v) is 14.4. The maximum absolute atomic E-state index is 6.03. The van der Waals surface area contributed by atoms with Gasteiger partial charge in [-0.25, -0.2) is 0 Å². The first-order chi connectivity index (χ1) is 18.9. The van der Waals surface area contributed by atoms with E-state index >= 15 is 0 Å². The van der Waals surface area contributed by atoms with Gasteiger partial charge in [-0.05, 0) is 117 Å². The van der Waals surface area contributed by atoms with Crippen LogP contribution in [0.2, 0.25) is 0 Å². The second kappa shape index (κ2) is 13.9. The zero-order valence-electron chi connectivity index (χ0n) is 24.6. The summed E-state index contributed by atoms with van der Waals surface area (Å²) < 4.78 is 17.0. The molecule has 0 bridgehead atoms. The minimum absolute atomic E-state index is 0.507. The zero-order valence-corrected chi connectivity index (χ0v) is 24.6. The van der Waals surface area contributed by atoms with Crippen molar-refractivity contribution < 1.29 is 14.2 Å². The summed E-state index contributed by atoms with van der Waals surface area (Å²) >= 11 is 0. The standard InChI is InChI=1S/C34H46N2O3/c1-24(2)36(25(3)4)17-18-39-31-12-7-26(8-13-31)22-35-23-30-21-33(38-6)15-16-34(30)29-10-9-28-20-32(37-5)14-11-27(28)19-29/h7-8,11-16,20-21,24-25,29,35H,9-10,17-19,22-23H2,1-6H3. The zero-order chi connectivity index (χ0) is 27.8. The van der Waals surface area contributed by atoms with Crippen molar-refractivity contribution in [1.29, 1.82) is 0 Å². The number of nitrogens with zero attached hydrogens (tertiary/aromatic N) is 1. The molecule has 3 aromatic carbocycles. The van der Waals surface area contributed by atoms with Crippen LogP contribution in [0.3, 0.4) is 0 Å². The summed E-state index contributed by atoms with van der Waals surface area (Å²) in [7, 11) is 3.48. The number of ether oxygens (including phenoxy) is 3. The number of methoxy groups -OCH3 is 2. The van der Waals surface area contributed by atoms with E-state index in [1.165, 1.54) is 27.8 Å². The van der Waals surface area contributed by atoms with Crippen LogP contribution in [-0.4, -0.2) is 44.4 Å². The lowest BCUT2D eigenvalue weighted by atomic mass is 9.78. The molecule has 39 heavy (non-hydrogen) atoms. The Morgan fingerprint density at radius 1 is 0.795 bits per heavy atom. The lowest BCUT2D eigenvalue weighted by molar-refractivity contribution is 0.142. The number of rotatable bonds is 13. The largest absolute Gasteiger partial charge is 0.497 e. The van der Waals surface area contributed by atoms with Crippen LogP contribution in [0.4, 0.5) is 0 Å². The molecule has 5 nitrogen and oxygen atoms in total. The number of nitrogens with one attached hydrogen (secondary N) is 1. The van der Waals surface area contributed by atoms with Crippen LogP contribution in [0.25, 0.3) is 0 Å². The third-order valence-corrected chi connectivity index (χ3v) is 7.94. The second-order valence-corrected chi connectivity index (χ2v) is 11.2. The van der Waals surface area contributed by atoms with Gasteiger partial charge in [-0.2, -0.15) is 0 Å². The third-order valence-electron chi connectivity index (χ3n) is 7.94. The molecular formula is C34H46N2O3. The van der Waals surface area contributed by atoms with E-state index < -0.39 is 0 Å². The van der Waals surface area contributed by atoms with Crippen molar-refractivity contribution in [3.8, 4) is 17.2 Å². The van der Waals surface area contributed by atoms with Gasteiger partial charge in [0, 0.05) is 31.7 Å². The minimum Gasteiger partial charge on any atom is -0.497 e. The number of benzene rings is 3. The van der Waals surface area contributed by atoms with Crippen molar-refractivity contribution in [3.63, 3.8) is 0 Å². The van der Waals surface area contributed by atoms with Crippen LogP contribution in [-0.2, 0) is 25.9 Å². The van der Waals surface area contributed by atoms with Gasteiger partial charge in [0.2, 0.25) is 0 Å². The average Bonchev–Trinajstić information content (AvgIpc) is 2.95. The van der Waals surface area contributed by atoms with Crippen LogP contribution in [0, 0.1) is 0 Å². The molecule has 3 aromatic rings. The maximum Gasteiger partial charge on any atom is 0.119 e. The van der Waals surface area contributed by atoms with Crippen molar-refractivity contribution in [2.24, 2.45) is 0 Å². The van der Waals surface area contributed by atoms with Gasteiger partial charge in [0.15, 0.2) is 0 Å². The Balaban J connectivity index is 1.34. The van der Waals surface area contributed by atoms with Gasteiger partial charge in [-0.1, -0.05) is 24.3 Å². The van der Waals surface area contributed by atoms with Crippen LogP contribution in [0.1, 0.15) is 67.9 Å². The van der Waals surface area contributed by atoms with E-state index in [4.69, 9.17) is 14.2 Å². The number of aryl methyl sites for hydroxylation is 1. The Kier molecular flexibility index (Phi) is 10.3. The summed E-state index contributed by atoms with van der Waals surface area (Å²) in [5.41, 5.74) is 6.84. The monoisotopic (exact) mass is 530 g/mol. The molecule has 1 aliphatic carbocycles. The molecule has 1 aliphatic rings. The normalized spacial score (nSPS) is 15.1. The molecule has 0 heterocycles. The van der Waals surface area contributed by atoms with Crippen LogP contribution in [0.15, 0.2) is 60.7 Å². The Bertz CT molecular complexity index is 1180. The SMILES string of the molecule is COc1ccc2c(c1)CCC(c1ccc(OC)cc1CNCc1ccc(OCCN(C(C)C)C(C)C)cc1)C2. The van der Waals surface area contributed by atoms with E-state index in [9.17, 15) is 0 Å². The van der Waals surface area contributed by atoms with Crippen LogP contribution < -0.4 is 19.5 Å². The van der Waals surface area contributed by atoms with Gasteiger partial charge in [-0.3, -0.25) is 4.90 Å². The topological polar surface area (TPSA) is 43.0 Å². The quantitative estimate of drug-likeness (QED) is 0.264. The summed E-state index contributed by atoms with van der Waals surface area (Å²) in [5, 5.41) is 3.67. The third kappa shape index (κ3) is 7.77. The maximum atomic E-state index is 6.03. The first-order valence-electron chi connectivity index (χ1n) is 14.4. The average molecular weight is 531 g/mol. The molecule has 0 aromatic heterocycles. The van der Waals surface area contributed by atoms with E-state index in [0.29, 0.717) is 24.6 Å². The smallest absolute Gasteiger partial charge is 0.119 e. The van der Waals surface area contributed by atoms with Gasteiger partial charge in [0.1, 0.15) is 23.9 Å². The molecule has 5 heteroatoms. The summed E-state index contributed by atoms with van der Waals surface area (Å²) in [6.45, 7) is 12.2. The lowest BCUT2D eigenvalue weighted by Gasteiger charge is -2.30. The molecular weight excluding hydrogens is 484 g/mol. The molecule has 0 aliphatic heterocycles. The highest BCUT2D eigenvalue weighted by atomic mass is 16.5. The molecule has 1 atom stereocenters. The highest BCUT2D eigenvalue weighted by Gasteiger charge is 2.23. The molecule has 210 valence electrons. The molecule has 4 rings (SSSR count). The number of hydrogen-bond donors (Lipinski definition) is 1. The highest BCUT2D eigenvalue weighted by Crippen LogP contribution is 2.36. The highest BCUT2D eigenvalue weighted by molar-refractivity contribution is 5.43. The fraction of sp³-hybridized carbons (Fsp3) is 0.471.